The zero-order valence-electron chi connectivity index (χ0n) is 9.26. The Kier molecular flexibility index (Phi) is 2.42. The number of amides is 1. The number of carbonyl (C=O) groups is 2. The van der Waals surface area contributed by atoms with Crippen molar-refractivity contribution in [2.24, 2.45) is 0 Å². The lowest BCUT2D eigenvalue weighted by atomic mass is 10.1. The van der Waals surface area contributed by atoms with Crippen LogP contribution in [-0.2, 0) is 4.79 Å². The number of para-hydroxylation sites is 1. The van der Waals surface area contributed by atoms with Gasteiger partial charge in [0.15, 0.2) is 0 Å². The lowest BCUT2D eigenvalue weighted by Crippen LogP contribution is -2.24. The van der Waals surface area contributed by atoms with E-state index in [0.29, 0.717) is 22.0 Å². The molecule has 88 valence electrons. The van der Waals surface area contributed by atoms with Gasteiger partial charge in [-0.25, -0.2) is 0 Å². The molecule has 1 amide bonds. The number of halogens is 1. The normalized spacial score (nSPS) is 13.9. The summed E-state index contributed by atoms with van der Waals surface area (Å²) >= 11 is 5.81. The van der Waals surface area contributed by atoms with Gasteiger partial charge in [-0.2, -0.15) is 0 Å². The Morgan fingerprint density at radius 2 is 1.56 bits per heavy atom. The van der Waals surface area contributed by atoms with Gasteiger partial charge in [0, 0.05) is 10.7 Å². The van der Waals surface area contributed by atoms with E-state index in [2.05, 4.69) is 0 Å². The van der Waals surface area contributed by atoms with Gasteiger partial charge in [-0.05, 0) is 36.4 Å². The van der Waals surface area contributed by atoms with Crippen LogP contribution in [0.3, 0.4) is 0 Å². The summed E-state index contributed by atoms with van der Waals surface area (Å²) in [5.74, 6) is -1.00. The van der Waals surface area contributed by atoms with E-state index < -0.39 is 11.7 Å². The Hall–Kier alpha value is -2.13. The zero-order chi connectivity index (χ0) is 12.7. The smallest absolute Gasteiger partial charge is 0.283 e. The van der Waals surface area contributed by atoms with E-state index in [1.165, 1.54) is 4.90 Å². The summed E-state index contributed by atoms with van der Waals surface area (Å²) in [6, 6.07) is 13.8. The fraction of sp³-hybridized carbons (Fsp3) is 0. The van der Waals surface area contributed by atoms with E-state index in [4.69, 9.17) is 11.6 Å². The average molecular weight is 258 g/mol. The highest BCUT2D eigenvalue weighted by atomic mass is 35.5. The predicted molar refractivity (Wildman–Crippen MR) is 69.4 cm³/mol. The van der Waals surface area contributed by atoms with E-state index in [0.717, 1.165) is 0 Å². The molecule has 0 N–H and O–H groups in total. The molecule has 18 heavy (non-hydrogen) atoms. The van der Waals surface area contributed by atoms with Gasteiger partial charge in [0.25, 0.3) is 5.78 Å². The fourth-order valence-electron chi connectivity index (χ4n) is 2.03. The Morgan fingerprint density at radius 3 is 2.28 bits per heavy atom. The van der Waals surface area contributed by atoms with Crippen molar-refractivity contribution >= 4 is 34.7 Å². The molecule has 0 bridgehead atoms. The molecule has 0 radical (unpaired) electrons. The summed E-state index contributed by atoms with van der Waals surface area (Å²) in [6.07, 6.45) is 0. The highest BCUT2D eigenvalue weighted by Gasteiger charge is 2.36. The summed E-state index contributed by atoms with van der Waals surface area (Å²) in [4.78, 5) is 25.2. The third-order valence-corrected chi connectivity index (χ3v) is 3.12. The van der Waals surface area contributed by atoms with Crippen molar-refractivity contribution in [1.82, 2.24) is 0 Å². The van der Waals surface area contributed by atoms with Gasteiger partial charge in [0.1, 0.15) is 0 Å². The van der Waals surface area contributed by atoms with Gasteiger partial charge in [-0.3, -0.25) is 14.5 Å². The maximum atomic E-state index is 12.0. The first-order valence-electron chi connectivity index (χ1n) is 5.42. The fourth-order valence-corrected chi connectivity index (χ4v) is 2.16. The molecule has 3 nitrogen and oxygen atoms in total. The number of hydrogen-bond donors (Lipinski definition) is 0. The minimum absolute atomic E-state index is 0.442. The van der Waals surface area contributed by atoms with Crippen LogP contribution < -0.4 is 4.90 Å². The molecule has 1 aliphatic rings. The molecule has 0 aromatic heterocycles. The number of benzene rings is 2. The van der Waals surface area contributed by atoms with Crippen molar-refractivity contribution in [2.45, 2.75) is 0 Å². The van der Waals surface area contributed by atoms with Gasteiger partial charge in [-0.1, -0.05) is 23.7 Å². The lowest BCUT2D eigenvalue weighted by Gasteiger charge is -2.16. The summed E-state index contributed by atoms with van der Waals surface area (Å²) in [5.41, 5.74) is 1.70. The summed E-state index contributed by atoms with van der Waals surface area (Å²) in [5, 5.41) is 0.588. The van der Waals surface area contributed by atoms with Gasteiger partial charge in [0.05, 0.1) is 11.3 Å². The molecular weight excluding hydrogens is 250 g/mol. The molecule has 4 heteroatoms. The maximum absolute atomic E-state index is 12.0. The lowest BCUT2D eigenvalue weighted by molar-refractivity contribution is -0.113. The second-order valence-corrected chi connectivity index (χ2v) is 4.40. The highest BCUT2D eigenvalue weighted by molar-refractivity contribution is 6.53. The molecule has 3 rings (SSSR count). The summed E-state index contributed by atoms with van der Waals surface area (Å²) in [7, 11) is 0. The number of ketones is 1. The average Bonchev–Trinajstić information content (AvgIpc) is 2.64. The topological polar surface area (TPSA) is 37.4 Å². The van der Waals surface area contributed by atoms with Crippen molar-refractivity contribution in [3.63, 3.8) is 0 Å². The Bertz CT molecular complexity index is 649. The zero-order valence-corrected chi connectivity index (χ0v) is 10.0. The molecular formula is C14H8ClNO2. The number of anilines is 2. The van der Waals surface area contributed by atoms with Crippen molar-refractivity contribution in [1.29, 1.82) is 0 Å². The van der Waals surface area contributed by atoms with Crippen LogP contribution in [0.4, 0.5) is 11.4 Å². The van der Waals surface area contributed by atoms with E-state index in [1.807, 2.05) is 0 Å². The number of Topliss-reactive ketones (excluding diaryl/α,β-unsaturated/α-hetero) is 1. The first-order valence-corrected chi connectivity index (χ1v) is 5.79. The third kappa shape index (κ3) is 1.52. The molecule has 0 unspecified atom stereocenters. The van der Waals surface area contributed by atoms with Crippen LogP contribution in [-0.4, -0.2) is 11.7 Å². The number of rotatable bonds is 1. The van der Waals surface area contributed by atoms with Crippen molar-refractivity contribution < 1.29 is 9.59 Å². The minimum Gasteiger partial charge on any atom is -0.283 e. The second-order valence-electron chi connectivity index (χ2n) is 3.96. The maximum Gasteiger partial charge on any atom is 0.304 e. The van der Waals surface area contributed by atoms with Crippen molar-refractivity contribution in [3.8, 4) is 0 Å². The van der Waals surface area contributed by atoms with Crippen LogP contribution >= 0.6 is 11.6 Å². The van der Waals surface area contributed by atoms with Gasteiger partial charge >= 0.3 is 5.91 Å². The van der Waals surface area contributed by atoms with Gasteiger partial charge < -0.3 is 0 Å². The van der Waals surface area contributed by atoms with E-state index in [-0.39, 0.29) is 0 Å². The SMILES string of the molecule is O=C1C(=O)N(c2ccc(Cl)cc2)c2ccccc21. The van der Waals surface area contributed by atoms with Crippen molar-refractivity contribution in [3.05, 3.63) is 59.1 Å². The number of hydrogen-bond acceptors (Lipinski definition) is 2. The van der Waals surface area contributed by atoms with Gasteiger partial charge in [-0.15, -0.1) is 0 Å². The van der Waals surface area contributed by atoms with E-state index in [1.54, 1.807) is 48.5 Å². The van der Waals surface area contributed by atoms with Crippen LogP contribution in [0.5, 0.6) is 0 Å². The number of fused-ring (bicyclic) bond motifs is 1. The van der Waals surface area contributed by atoms with Crippen LogP contribution in [0.15, 0.2) is 48.5 Å². The standard InChI is InChI=1S/C14H8ClNO2/c15-9-5-7-10(8-6-9)16-12-4-2-1-3-11(12)13(17)14(16)18/h1-8H. The van der Waals surface area contributed by atoms with Crippen LogP contribution in [0.2, 0.25) is 5.02 Å². The number of carbonyl (C=O) groups excluding carboxylic acids is 2. The van der Waals surface area contributed by atoms with Crippen LogP contribution in [0, 0.1) is 0 Å². The minimum atomic E-state index is -0.529. The molecule has 0 spiro atoms. The molecule has 2 aromatic rings. The van der Waals surface area contributed by atoms with Crippen LogP contribution in [0.1, 0.15) is 10.4 Å². The largest absolute Gasteiger partial charge is 0.304 e. The van der Waals surface area contributed by atoms with E-state index in [9.17, 15) is 9.59 Å². The molecule has 0 aliphatic carbocycles. The van der Waals surface area contributed by atoms with E-state index >= 15 is 0 Å². The van der Waals surface area contributed by atoms with Crippen molar-refractivity contribution in [2.75, 3.05) is 4.90 Å². The third-order valence-electron chi connectivity index (χ3n) is 2.87. The Balaban J connectivity index is 2.16. The molecule has 1 heterocycles. The van der Waals surface area contributed by atoms with Gasteiger partial charge in [0.2, 0.25) is 0 Å². The highest BCUT2D eigenvalue weighted by Crippen LogP contribution is 2.35. The molecule has 0 saturated carbocycles. The summed E-state index contributed by atoms with van der Waals surface area (Å²) < 4.78 is 0. The molecule has 1 aliphatic heterocycles. The Morgan fingerprint density at radius 1 is 0.889 bits per heavy atom. The second kappa shape index (κ2) is 3.96. The first kappa shape index (κ1) is 11.0. The van der Waals surface area contributed by atoms with Crippen LogP contribution in [0.25, 0.3) is 0 Å². The summed E-state index contributed by atoms with van der Waals surface area (Å²) in [6.45, 7) is 0. The molecule has 0 atom stereocenters. The monoisotopic (exact) mass is 257 g/mol. The first-order chi connectivity index (χ1) is 8.68. The quantitative estimate of drug-likeness (QED) is 0.736. The molecule has 0 fully saturated rings. The molecule has 0 saturated heterocycles. The predicted octanol–water partition coefficient (Wildman–Crippen LogP) is 3.20. The molecule has 2 aromatic carbocycles. The Labute approximate surface area is 109 Å². The number of nitrogens with zero attached hydrogens (tertiary/aromatic N) is 1.